The number of alkyl halides is 1. The van der Waals surface area contributed by atoms with E-state index in [9.17, 15) is 0 Å². The zero-order chi connectivity index (χ0) is 12.0. The second-order valence-corrected chi connectivity index (χ2v) is 5.08. The number of nitrogens with zero attached hydrogens (tertiary/aromatic N) is 2. The highest BCUT2D eigenvalue weighted by atomic mass is 79.9. The van der Waals surface area contributed by atoms with Crippen LogP contribution < -0.4 is 4.90 Å². The number of unbranched alkanes of at least 4 members (excludes halogenated alkanes) is 1. The van der Waals surface area contributed by atoms with Gasteiger partial charge < -0.3 is 4.90 Å². The lowest BCUT2D eigenvalue weighted by Crippen LogP contribution is -2.27. The molecule has 0 bridgehead atoms. The summed E-state index contributed by atoms with van der Waals surface area (Å²) in [4.78, 5) is 6.71. The first-order chi connectivity index (χ1) is 7.69. The molecule has 0 N–H and O–H groups in total. The molecule has 0 spiro atoms. The van der Waals surface area contributed by atoms with E-state index in [4.69, 9.17) is 11.6 Å². The smallest absolute Gasteiger partial charge is 0.142 e. The Kier molecular flexibility index (Phi) is 6.14. The first-order valence-electron chi connectivity index (χ1n) is 5.62. The van der Waals surface area contributed by atoms with E-state index in [0.717, 1.165) is 28.9 Å². The Hall–Kier alpha value is -0.280. The number of halogens is 2. The lowest BCUT2D eigenvalue weighted by molar-refractivity contribution is 0.724. The molecule has 0 saturated carbocycles. The molecule has 1 heterocycles. The van der Waals surface area contributed by atoms with Crippen LogP contribution in [0.1, 0.15) is 25.3 Å². The van der Waals surface area contributed by atoms with E-state index in [1.807, 2.05) is 13.1 Å². The third-order valence-corrected chi connectivity index (χ3v) is 3.15. The summed E-state index contributed by atoms with van der Waals surface area (Å²) in [5.74, 6) is 1.63. The van der Waals surface area contributed by atoms with Crippen molar-refractivity contribution >= 4 is 33.3 Å². The molecule has 0 aliphatic rings. The van der Waals surface area contributed by atoms with Crippen molar-refractivity contribution in [2.24, 2.45) is 0 Å². The van der Waals surface area contributed by atoms with Gasteiger partial charge in [0.05, 0.1) is 4.47 Å². The van der Waals surface area contributed by atoms with Crippen LogP contribution in [0.25, 0.3) is 0 Å². The molecule has 0 atom stereocenters. The summed E-state index contributed by atoms with van der Waals surface area (Å²) in [5, 5.41) is 0. The van der Waals surface area contributed by atoms with Crippen LogP contribution in [0.2, 0.25) is 0 Å². The molecule has 0 aliphatic heterocycles. The van der Waals surface area contributed by atoms with Crippen LogP contribution in [0.4, 0.5) is 5.82 Å². The third kappa shape index (κ3) is 3.95. The predicted molar refractivity (Wildman–Crippen MR) is 74.5 cm³/mol. The minimum atomic E-state index is 0.631. The third-order valence-electron chi connectivity index (χ3n) is 2.39. The Morgan fingerprint density at radius 1 is 1.44 bits per heavy atom. The molecule has 2 nitrogen and oxygen atoms in total. The second kappa shape index (κ2) is 7.13. The summed E-state index contributed by atoms with van der Waals surface area (Å²) < 4.78 is 1.05. The quantitative estimate of drug-likeness (QED) is 0.739. The molecule has 4 heteroatoms. The van der Waals surface area contributed by atoms with Gasteiger partial charge in [-0.25, -0.2) is 4.98 Å². The van der Waals surface area contributed by atoms with Gasteiger partial charge >= 0.3 is 0 Å². The number of rotatable bonds is 6. The standard InChI is InChI=1S/C12H18BrClN2/c1-3-4-6-16(7-5-14)12-11(13)8-10(2)9-15-12/h8-9H,3-7H2,1-2H3. The van der Waals surface area contributed by atoms with Crippen LogP contribution in [-0.4, -0.2) is 24.0 Å². The Morgan fingerprint density at radius 3 is 2.75 bits per heavy atom. The Labute approximate surface area is 111 Å². The van der Waals surface area contributed by atoms with Crippen LogP contribution in [-0.2, 0) is 0 Å². The largest absolute Gasteiger partial charge is 0.354 e. The molecule has 0 aliphatic carbocycles. The molecular weight excluding hydrogens is 288 g/mol. The number of pyridine rings is 1. The van der Waals surface area contributed by atoms with Gasteiger partial charge in [0.25, 0.3) is 0 Å². The number of anilines is 1. The minimum absolute atomic E-state index is 0.631. The van der Waals surface area contributed by atoms with Gasteiger partial charge in [-0.05, 0) is 40.9 Å². The van der Waals surface area contributed by atoms with Gasteiger partial charge in [0.15, 0.2) is 0 Å². The van der Waals surface area contributed by atoms with E-state index in [1.54, 1.807) is 0 Å². The van der Waals surface area contributed by atoms with Crippen molar-refractivity contribution in [3.05, 3.63) is 22.3 Å². The van der Waals surface area contributed by atoms with Gasteiger partial charge in [0, 0.05) is 25.2 Å². The number of hydrogen-bond acceptors (Lipinski definition) is 2. The summed E-state index contributed by atoms with van der Waals surface area (Å²) in [6.45, 7) is 6.09. The first-order valence-corrected chi connectivity index (χ1v) is 6.94. The molecule has 16 heavy (non-hydrogen) atoms. The molecular formula is C12H18BrClN2. The number of aromatic nitrogens is 1. The molecule has 0 fully saturated rings. The van der Waals surface area contributed by atoms with E-state index in [-0.39, 0.29) is 0 Å². The highest BCUT2D eigenvalue weighted by Gasteiger charge is 2.10. The highest BCUT2D eigenvalue weighted by Crippen LogP contribution is 2.24. The van der Waals surface area contributed by atoms with E-state index in [0.29, 0.717) is 5.88 Å². The fraction of sp³-hybridized carbons (Fsp3) is 0.583. The maximum absolute atomic E-state index is 5.82. The van der Waals surface area contributed by atoms with Crippen LogP contribution in [0, 0.1) is 6.92 Å². The normalized spacial score (nSPS) is 10.5. The zero-order valence-corrected chi connectivity index (χ0v) is 12.2. The van der Waals surface area contributed by atoms with Crippen molar-refractivity contribution in [3.8, 4) is 0 Å². The van der Waals surface area contributed by atoms with Crippen molar-refractivity contribution in [1.82, 2.24) is 4.98 Å². The maximum Gasteiger partial charge on any atom is 0.142 e. The zero-order valence-electron chi connectivity index (χ0n) is 9.84. The van der Waals surface area contributed by atoms with Crippen molar-refractivity contribution in [2.75, 3.05) is 23.9 Å². The molecule has 1 rings (SSSR count). The average molecular weight is 306 g/mol. The molecule has 0 radical (unpaired) electrons. The van der Waals surface area contributed by atoms with Crippen molar-refractivity contribution < 1.29 is 0 Å². The van der Waals surface area contributed by atoms with Crippen molar-refractivity contribution in [1.29, 1.82) is 0 Å². The number of aryl methyl sites for hydroxylation is 1. The fourth-order valence-corrected chi connectivity index (χ4v) is 2.45. The molecule has 1 aromatic heterocycles. The summed E-state index contributed by atoms with van der Waals surface area (Å²) in [7, 11) is 0. The lowest BCUT2D eigenvalue weighted by atomic mass is 10.3. The second-order valence-electron chi connectivity index (χ2n) is 3.85. The van der Waals surface area contributed by atoms with Gasteiger partial charge in [0.1, 0.15) is 5.82 Å². The minimum Gasteiger partial charge on any atom is -0.354 e. The van der Waals surface area contributed by atoms with Crippen LogP contribution in [0.5, 0.6) is 0 Å². The summed E-state index contributed by atoms with van der Waals surface area (Å²) in [5.41, 5.74) is 1.16. The highest BCUT2D eigenvalue weighted by molar-refractivity contribution is 9.10. The Morgan fingerprint density at radius 2 is 2.19 bits per heavy atom. The lowest BCUT2D eigenvalue weighted by Gasteiger charge is -2.23. The monoisotopic (exact) mass is 304 g/mol. The molecule has 0 saturated heterocycles. The van der Waals surface area contributed by atoms with E-state index >= 15 is 0 Å². The first kappa shape index (κ1) is 13.8. The van der Waals surface area contributed by atoms with E-state index in [2.05, 4.69) is 38.8 Å². The van der Waals surface area contributed by atoms with Crippen LogP contribution in [0.15, 0.2) is 16.7 Å². The van der Waals surface area contributed by atoms with Crippen molar-refractivity contribution in [3.63, 3.8) is 0 Å². The Balaban J connectivity index is 2.82. The molecule has 0 aromatic carbocycles. The van der Waals surface area contributed by atoms with Crippen molar-refractivity contribution in [2.45, 2.75) is 26.7 Å². The fourth-order valence-electron chi connectivity index (χ4n) is 1.53. The molecule has 90 valence electrons. The molecule has 0 amide bonds. The SMILES string of the molecule is CCCCN(CCCl)c1ncc(C)cc1Br. The van der Waals surface area contributed by atoms with E-state index < -0.39 is 0 Å². The van der Waals surface area contributed by atoms with Crippen LogP contribution >= 0.6 is 27.5 Å². The maximum atomic E-state index is 5.82. The predicted octanol–water partition coefficient (Wildman–Crippen LogP) is 4.00. The van der Waals surface area contributed by atoms with Gasteiger partial charge in [-0.3, -0.25) is 0 Å². The summed E-state index contributed by atoms with van der Waals surface area (Å²) in [6, 6.07) is 2.09. The van der Waals surface area contributed by atoms with E-state index in [1.165, 1.54) is 12.8 Å². The van der Waals surface area contributed by atoms with Gasteiger partial charge in [0.2, 0.25) is 0 Å². The molecule has 1 aromatic rings. The summed E-state index contributed by atoms with van der Waals surface area (Å²) >= 11 is 9.39. The Bertz CT molecular complexity index is 331. The number of hydrogen-bond donors (Lipinski definition) is 0. The van der Waals surface area contributed by atoms with Gasteiger partial charge in [-0.1, -0.05) is 13.3 Å². The molecule has 0 unspecified atom stereocenters. The topological polar surface area (TPSA) is 16.1 Å². The average Bonchev–Trinajstić information content (AvgIpc) is 2.25. The van der Waals surface area contributed by atoms with Gasteiger partial charge in [-0.15, -0.1) is 11.6 Å². The van der Waals surface area contributed by atoms with Gasteiger partial charge in [-0.2, -0.15) is 0 Å². The van der Waals surface area contributed by atoms with Crippen LogP contribution in [0.3, 0.4) is 0 Å². The summed E-state index contributed by atoms with van der Waals surface area (Å²) in [6.07, 6.45) is 4.24.